The Morgan fingerprint density at radius 1 is 0.571 bits per heavy atom. The summed E-state index contributed by atoms with van der Waals surface area (Å²) in [5.74, 6) is 0.563. The van der Waals surface area contributed by atoms with Gasteiger partial charge >= 0.3 is 0 Å². The van der Waals surface area contributed by atoms with Crippen LogP contribution in [0, 0.1) is 10.1 Å². The summed E-state index contributed by atoms with van der Waals surface area (Å²) in [5, 5.41) is 10.6. The van der Waals surface area contributed by atoms with E-state index in [9.17, 15) is 10.1 Å². The fourth-order valence-corrected chi connectivity index (χ4v) is 2.55. The van der Waals surface area contributed by atoms with E-state index in [1.807, 2.05) is 0 Å². The first-order valence-corrected chi connectivity index (χ1v) is 12.2. The van der Waals surface area contributed by atoms with Gasteiger partial charge in [-0.05, 0) is 18.6 Å². The van der Waals surface area contributed by atoms with Crippen LogP contribution in [0.4, 0.5) is 5.69 Å². The molecule has 1 aromatic carbocycles. The van der Waals surface area contributed by atoms with Crippen molar-refractivity contribution >= 4 is 5.69 Å². The lowest BCUT2D eigenvalue weighted by molar-refractivity contribution is -0.384. The molecule has 0 spiro atoms. The topological polar surface area (TPSA) is 117 Å². The van der Waals surface area contributed by atoms with Crippen molar-refractivity contribution in [3.05, 3.63) is 34.4 Å². The molecule has 1 aromatic rings. The minimum Gasteiger partial charge on any atom is -0.491 e. The maximum Gasteiger partial charge on any atom is 0.269 e. The number of hydrogen-bond acceptors (Lipinski definition) is 10. The van der Waals surface area contributed by atoms with Crippen molar-refractivity contribution in [3.8, 4) is 5.75 Å². The summed E-state index contributed by atoms with van der Waals surface area (Å²) >= 11 is 0. The summed E-state index contributed by atoms with van der Waals surface area (Å²) in [5.41, 5.74) is 0.0316. The van der Waals surface area contributed by atoms with Gasteiger partial charge in [0.05, 0.1) is 90.8 Å². The standard InChI is InChI=1S/C24H41NO10/c1-2-3-8-28-9-10-29-11-12-30-13-14-31-15-16-32-17-18-33-19-20-34-21-22-35-24-6-4-23(5-7-24)25(26)27/h4-7H,2-3,8-22H2,1H3. The molecule has 11 heteroatoms. The molecule has 0 bridgehead atoms. The molecule has 0 unspecified atom stereocenters. The van der Waals surface area contributed by atoms with Crippen LogP contribution in [0.15, 0.2) is 24.3 Å². The highest BCUT2D eigenvalue weighted by Gasteiger charge is 2.04. The van der Waals surface area contributed by atoms with Gasteiger partial charge in [-0.2, -0.15) is 0 Å². The minimum absolute atomic E-state index is 0.0316. The van der Waals surface area contributed by atoms with E-state index in [0.717, 1.165) is 19.4 Å². The Balaban J connectivity index is 1.71. The summed E-state index contributed by atoms with van der Waals surface area (Å²) in [6, 6.07) is 5.92. The molecule has 1 rings (SSSR count). The number of nitrogens with zero attached hydrogens (tertiary/aromatic N) is 1. The van der Waals surface area contributed by atoms with E-state index in [1.165, 1.54) is 12.1 Å². The average Bonchev–Trinajstić information content (AvgIpc) is 2.87. The van der Waals surface area contributed by atoms with Crippen molar-refractivity contribution in [2.45, 2.75) is 19.8 Å². The van der Waals surface area contributed by atoms with Crippen LogP contribution in [0.5, 0.6) is 5.75 Å². The lowest BCUT2D eigenvalue weighted by Gasteiger charge is -2.09. The predicted molar refractivity (Wildman–Crippen MR) is 129 cm³/mol. The van der Waals surface area contributed by atoms with Crippen molar-refractivity contribution in [2.24, 2.45) is 0 Å². The molecule has 0 radical (unpaired) electrons. The zero-order valence-electron chi connectivity index (χ0n) is 20.9. The van der Waals surface area contributed by atoms with Crippen molar-refractivity contribution in [3.63, 3.8) is 0 Å². The fourth-order valence-electron chi connectivity index (χ4n) is 2.55. The van der Waals surface area contributed by atoms with E-state index >= 15 is 0 Å². The monoisotopic (exact) mass is 503 g/mol. The number of benzene rings is 1. The Morgan fingerprint density at radius 2 is 0.914 bits per heavy atom. The van der Waals surface area contributed by atoms with Crippen LogP contribution >= 0.6 is 0 Å². The van der Waals surface area contributed by atoms with Gasteiger partial charge in [0.2, 0.25) is 0 Å². The SMILES string of the molecule is CCCCOCCOCCOCCOCCOCCOCCOCCOc1ccc([N+](=O)[O-])cc1. The molecule has 0 N–H and O–H groups in total. The van der Waals surface area contributed by atoms with Gasteiger partial charge in [-0.1, -0.05) is 13.3 Å². The first kappa shape index (κ1) is 31.2. The Morgan fingerprint density at radius 3 is 1.26 bits per heavy atom. The molecule has 0 amide bonds. The highest BCUT2D eigenvalue weighted by molar-refractivity contribution is 5.35. The predicted octanol–water partition coefficient (Wildman–Crippen LogP) is 2.89. The zero-order chi connectivity index (χ0) is 25.2. The van der Waals surface area contributed by atoms with E-state index < -0.39 is 4.92 Å². The molecule has 0 saturated heterocycles. The Kier molecular flexibility index (Phi) is 21.3. The molecular weight excluding hydrogens is 462 g/mol. The number of ether oxygens (including phenoxy) is 8. The molecule has 0 fully saturated rings. The van der Waals surface area contributed by atoms with Gasteiger partial charge in [-0.3, -0.25) is 10.1 Å². The summed E-state index contributed by atoms with van der Waals surface area (Å²) in [4.78, 5) is 10.1. The Labute approximate surface area is 208 Å². The van der Waals surface area contributed by atoms with Crippen molar-refractivity contribution < 1.29 is 42.8 Å². The zero-order valence-corrected chi connectivity index (χ0v) is 20.9. The van der Waals surface area contributed by atoms with E-state index in [1.54, 1.807) is 12.1 Å². The van der Waals surface area contributed by atoms with E-state index in [4.69, 9.17) is 37.9 Å². The van der Waals surface area contributed by atoms with E-state index in [2.05, 4.69) is 6.92 Å². The smallest absolute Gasteiger partial charge is 0.269 e. The van der Waals surface area contributed by atoms with Gasteiger partial charge in [0, 0.05) is 18.7 Å². The second kappa shape index (κ2) is 23.9. The number of hydrogen-bond donors (Lipinski definition) is 0. The van der Waals surface area contributed by atoms with Crippen LogP contribution in [0.3, 0.4) is 0 Å². The third-order valence-electron chi connectivity index (χ3n) is 4.42. The molecule has 0 atom stereocenters. The van der Waals surface area contributed by atoms with Gasteiger partial charge < -0.3 is 37.9 Å². The van der Waals surface area contributed by atoms with Crippen molar-refractivity contribution in [1.82, 2.24) is 0 Å². The third kappa shape index (κ3) is 20.1. The second-order valence-corrected chi connectivity index (χ2v) is 7.24. The summed E-state index contributed by atoms with van der Waals surface area (Å²) < 4.78 is 43.4. The highest BCUT2D eigenvalue weighted by Crippen LogP contribution is 2.17. The van der Waals surface area contributed by atoms with Crippen LogP contribution in [0.2, 0.25) is 0 Å². The number of rotatable bonds is 26. The molecule has 0 aromatic heterocycles. The number of unbranched alkanes of at least 4 members (excludes halogenated alkanes) is 1. The van der Waals surface area contributed by atoms with Crippen molar-refractivity contribution in [2.75, 3.05) is 99.1 Å². The van der Waals surface area contributed by atoms with Crippen LogP contribution in [-0.4, -0.2) is 104 Å². The maximum absolute atomic E-state index is 10.6. The summed E-state index contributed by atoms with van der Waals surface area (Å²) in [6.45, 7) is 9.96. The maximum atomic E-state index is 10.6. The Hall–Kier alpha value is -1.86. The number of non-ortho nitro benzene ring substituents is 1. The molecule has 0 aliphatic carbocycles. The van der Waals surface area contributed by atoms with Gasteiger partial charge in [-0.25, -0.2) is 0 Å². The Bertz CT molecular complexity index is 602. The molecule has 35 heavy (non-hydrogen) atoms. The summed E-state index contributed by atoms with van der Waals surface area (Å²) in [6.07, 6.45) is 2.23. The fraction of sp³-hybridized carbons (Fsp3) is 0.750. The second-order valence-electron chi connectivity index (χ2n) is 7.24. The van der Waals surface area contributed by atoms with E-state index in [0.29, 0.717) is 98.2 Å². The summed E-state index contributed by atoms with van der Waals surface area (Å²) in [7, 11) is 0. The molecule has 0 aliphatic rings. The van der Waals surface area contributed by atoms with Gasteiger partial charge in [0.1, 0.15) is 12.4 Å². The largest absolute Gasteiger partial charge is 0.491 e. The first-order valence-electron chi connectivity index (χ1n) is 12.2. The van der Waals surface area contributed by atoms with Crippen LogP contribution in [-0.2, 0) is 33.2 Å². The lowest BCUT2D eigenvalue weighted by Crippen LogP contribution is -2.15. The molecule has 202 valence electrons. The average molecular weight is 504 g/mol. The number of nitro groups is 1. The normalized spacial score (nSPS) is 11.1. The molecule has 0 aliphatic heterocycles. The van der Waals surface area contributed by atoms with Crippen LogP contribution in [0.25, 0.3) is 0 Å². The highest BCUT2D eigenvalue weighted by atomic mass is 16.6. The molecular formula is C24H41NO10. The van der Waals surface area contributed by atoms with Gasteiger partial charge in [0.25, 0.3) is 5.69 Å². The van der Waals surface area contributed by atoms with Crippen molar-refractivity contribution in [1.29, 1.82) is 0 Å². The molecule has 0 saturated carbocycles. The minimum atomic E-state index is -0.449. The quantitative estimate of drug-likeness (QED) is 0.106. The van der Waals surface area contributed by atoms with E-state index in [-0.39, 0.29) is 5.69 Å². The molecule has 11 nitrogen and oxygen atoms in total. The third-order valence-corrected chi connectivity index (χ3v) is 4.42. The lowest BCUT2D eigenvalue weighted by atomic mass is 10.3. The van der Waals surface area contributed by atoms with Gasteiger partial charge in [0.15, 0.2) is 0 Å². The molecule has 0 heterocycles. The first-order chi connectivity index (χ1) is 17.2. The van der Waals surface area contributed by atoms with Crippen LogP contribution < -0.4 is 4.74 Å². The van der Waals surface area contributed by atoms with Crippen LogP contribution in [0.1, 0.15) is 19.8 Å². The number of nitro benzene ring substituents is 1. The van der Waals surface area contributed by atoms with Gasteiger partial charge in [-0.15, -0.1) is 0 Å².